The summed E-state index contributed by atoms with van der Waals surface area (Å²) in [5, 5.41) is 0.713. The molecule has 118 valence electrons. The third-order valence-electron chi connectivity index (χ3n) is 4.82. The van der Waals surface area contributed by atoms with E-state index in [-0.39, 0.29) is 5.43 Å². The van der Waals surface area contributed by atoms with Crippen LogP contribution >= 0.6 is 0 Å². The third kappa shape index (κ3) is 2.75. The molecule has 1 atom stereocenters. The topological polar surface area (TPSA) is 45.3 Å². The summed E-state index contributed by atoms with van der Waals surface area (Å²) in [4.78, 5) is 18.7. The number of likely N-dealkylation sites (tertiary alicyclic amines) is 1. The second kappa shape index (κ2) is 6.13. The lowest BCUT2D eigenvalue weighted by atomic mass is 10.0. The summed E-state index contributed by atoms with van der Waals surface area (Å²) >= 11 is 0. The van der Waals surface area contributed by atoms with E-state index in [9.17, 15) is 4.79 Å². The van der Waals surface area contributed by atoms with Crippen molar-refractivity contribution < 1.29 is 4.74 Å². The van der Waals surface area contributed by atoms with Gasteiger partial charge < -0.3 is 9.72 Å². The van der Waals surface area contributed by atoms with Gasteiger partial charge in [-0.15, -0.1) is 0 Å². The summed E-state index contributed by atoms with van der Waals surface area (Å²) in [5.41, 5.74) is 2.86. The smallest absolute Gasteiger partial charge is 0.194 e. The van der Waals surface area contributed by atoms with Crippen molar-refractivity contribution in [2.45, 2.75) is 45.7 Å². The predicted molar refractivity (Wildman–Crippen MR) is 89.6 cm³/mol. The molecule has 0 bridgehead atoms. The number of piperidine rings is 1. The van der Waals surface area contributed by atoms with Crippen LogP contribution in [0.25, 0.3) is 10.9 Å². The Kier molecular flexibility index (Phi) is 4.21. The van der Waals surface area contributed by atoms with Gasteiger partial charge in [0.2, 0.25) is 0 Å². The van der Waals surface area contributed by atoms with Crippen LogP contribution in [0.3, 0.4) is 0 Å². The lowest BCUT2D eigenvalue weighted by Gasteiger charge is -2.33. The van der Waals surface area contributed by atoms with Gasteiger partial charge in [-0.2, -0.15) is 0 Å². The van der Waals surface area contributed by atoms with Gasteiger partial charge in [-0.1, -0.05) is 6.42 Å². The Bertz CT molecular complexity index is 736. The van der Waals surface area contributed by atoms with Crippen LogP contribution in [0.15, 0.2) is 23.0 Å². The first-order valence-corrected chi connectivity index (χ1v) is 8.03. The summed E-state index contributed by atoms with van der Waals surface area (Å²) < 4.78 is 5.25. The molecule has 2 aromatic rings. The fourth-order valence-corrected chi connectivity index (χ4v) is 3.34. The van der Waals surface area contributed by atoms with Gasteiger partial charge in [0.05, 0.1) is 7.11 Å². The number of methoxy groups -OCH3 is 1. The van der Waals surface area contributed by atoms with Crippen molar-refractivity contribution in [1.82, 2.24) is 9.88 Å². The highest BCUT2D eigenvalue weighted by atomic mass is 16.5. The number of ether oxygens (including phenoxy) is 1. The van der Waals surface area contributed by atoms with E-state index in [2.05, 4.69) is 16.8 Å². The monoisotopic (exact) mass is 300 g/mol. The van der Waals surface area contributed by atoms with Crippen molar-refractivity contribution in [2.24, 2.45) is 0 Å². The second-order valence-electron chi connectivity index (χ2n) is 6.28. The van der Waals surface area contributed by atoms with Gasteiger partial charge in [0, 0.05) is 34.7 Å². The molecule has 0 spiro atoms. The summed E-state index contributed by atoms with van der Waals surface area (Å²) in [5.74, 6) is 0.721. The quantitative estimate of drug-likeness (QED) is 0.946. The van der Waals surface area contributed by atoms with E-state index >= 15 is 0 Å². The van der Waals surface area contributed by atoms with Crippen molar-refractivity contribution in [3.05, 3.63) is 39.7 Å². The predicted octanol–water partition coefficient (Wildman–Crippen LogP) is 3.22. The highest BCUT2D eigenvalue weighted by Crippen LogP contribution is 2.22. The summed E-state index contributed by atoms with van der Waals surface area (Å²) in [7, 11) is 1.62. The van der Waals surface area contributed by atoms with E-state index < -0.39 is 0 Å². The van der Waals surface area contributed by atoms with Gasteiger partial charge in [0.1, 0.15) is 5.75 Å². The van der Waals surface area contributed by atoms with Crippen LogP contribution in [-0.2, 0) is 6.54 Å². The van der Waals surface area contributed by atoms with E-state index in [1.165, 1.54) is 19.3 Å². The van der Waals surface area contributed by atoms with Crippen LogP contribution in [0, 0.1) is 6.92 Å². The molecule has 1 N–H and O–H groups in total. The Morgan fingerprint density at radius 1 is 1.36 bits per heavy atom. The highest BCUT2D eigenvalue weighted by Gasteiger charge is 2.21. The molecule has 1 aliphatic heterocycles. The summed E-state index contributed by atoms with van der Waals surface area (Å²) in [6.45, 7) is 6.06. The molecule has 4 heteroatoms. The molecule has 1 aliphatic rings. The molecule has 2 heterocycles. The minimum absolute atomic E-state index is 0.128. The molecular formula is C18H24N2O2. The van der Waals surface area contributed by atoms with E-state index in [1.54, 1.807) is 7.11 Å². The average molecular weight is 300 g/mol. The lowest BCUT2D eigenvalue weighted by molar-refractivity contribution is 0.152. The fraction of sp³-hybridized carbons (Fsp3) is 0.500. The molecule has 0 radical (unpaired) electrons. The number of aromatic amines is 1. The number of aryl methyl sites for hydroxylation is 1. The molecule has 3 rings (SSSR count). The number of rotatable bonds is 3. The first kappa shape index (κ1) is 15.1. The molecule has 1 fully saturated rings. The van der Waals surface area contributed by atoms with Crippen molar-refractivity contribution in [2.75, 3.05) is 13.7 Å². The van der Waals surface area contributed by atoms with Gasteiger partial charge in [-0.25, -0.2) is 0 Å². The zero-order valence-electron chi connectivity index (χ0n) is 13.6. The molecule has 0 saturated carbocycles. The van der Waals surface area contributed by atoms with Crippen molar-refractivity contribution in [1.29, 1.82) is 0 Å². The molecule has 1 saturated heterocycles. The molecule has 0 amide bonds. The number of fused-ring (bicyclic) bond motifs is 1. The number of nitrogens with one attached hydrogen (secondary N) is 1. The Labute approximate surface area is 131 Å². The Morgan fingerprint density at radius 2 is 2.18 bits per heavy atom. The Hall–Kier alpha value is -1.81. The molecule has 0 aliphatic carbocycles. The number of hydrogen-bond acceptors (Lipinski definition) is 3. The number of benzene rings is 1. The normalized spacial score (nSPS) is 19.5. The fourth-order valence-electron chi connectivity index (χ4n) is 3.34. The number of hydrogen-bond donors (Lipinski definition) is 1. The van der Waals surface area contributed by atoms with Gasteiger partial charge in [-0.3, -0.25) is 9.69 Å². The van der Waals surface area contributed by atoms with Gasteiger partial charge in [0.15, 0.2) is 5.43 Å². The molecule has 22 heavy (non-hydrogen) atoms. The zero-order valence-corrected chi connectivity index (χ0v) is 13.6. The molecule has 4 nitrogen and oxygen atoms in total. The van der Waals surface area contributed by atoms with Crippen molar-refractivity contribution in [3.8, 4) is 5.75 Å². The Balaban J connectivity index is 2.03. The van der Waals surface area contributed by atoms with Crippen molar-refractivity contribution in [3.63, 3.8) is 0 Å². The van der Waals surface area contributed by atoms with Gasteiger partial charge in [-0.05, 0) is 51.4 Å². The van der Waals surface area contributed by atoms with E-state index in [1.807, 2.05) is 25.1 Å². The molecule has 1 unspecified atom stereocenters. The first-order valence-electron chi connectivity index (χ1n) is 8.03. The summed E-state index contributed by atoms with van der Waals surface area (Å²) in [6, 6.07) is 6.17. The maximum atomic E-state index is 12.9. The van der Waals surface area contributed by atoms with Crippen LogP contribution in [0.2, 0.25) is 0 Å². The molecule has 1 aromatic carbocycles. The van der Waals surface area contributed by atoms with Crippen LogP contribution in [0.5, 0.6) is 5.75 Å². The maximum Gasteiger partial charge on any atom is 0.194 e. The number of H-pyrrole nitrogens is 1. The van der Waals surface area contributed by atoms with Crippen LogP contribution in [0.4, 0.5) is 0 Å². The average Bonchev–Trinajstić information content (AvgIpc) is 2.53. The molecular weight excluding hydrogens is 276 g/mol. The van der Waals surface area contributed by atoms with Crippen LogP contribution in [0.1, 0.15) is 37.4 Å². The highest BCUT2D eigenvalue weighted by molar-refractivity contribution is 5.81. The minimum atomic E-state index is 0.128. The molecule has 1 aromatic heterocycles. The van der Waals surface area contributed by atoms with Crippen molar-refractivity contribution >= 4 is 10.9 Å². The largest absolute Gasteiger partial charge is 0.497 e. The maximum absolute atomic E-state index is 12.9. The number of pyridine rings is 1. The lowest BCUT2D eigenvalue weighted by Crippen LogP contribution is -2.38. The Morgan fingerprint density at radius 3 is 2.91 bits per heavy atom. The number of aromatic nitrogens is 1. The van der Waals surface area contributed by atoms with E-state index in [0.29, 0.717) is 11.4 Å². The van der Waals surface area contributed by atoms with Crippen LogP contribution in [-0.4, -0.2) is 29.6 Å². The number of nitrogens with zero attached hydrogens (tertiary/aromatic N) is 1. The second-order valence-corrected chi connectivity index (χ2v) is 6.28. The third-order valence-corrected chi connectivity index (χ3v) is 4.82. The first-order chi connectivity index (χ1) is 10.6. The zero-order chi connectivity index (χ0) is 15.7. The SMILES string of the molecule is COc1ccc2[nH]c(C)c(CN3CCCCC3C)c(=O)c2c1. The van der Waals surface area contributed by atoms with Crippen LogP contribution < -0.4 is 10.2 Å². The summed E-state index contributed by atoms with van der Waals surface area (Å²) in [6.07, 6.45) is 3.74. The standard InChI is InChI=1S/C18H24N2O2/c1-12-6-4-5-9-20(12)11-16-13(2)19-17-8-7-14(22-3)10-15(17)18(16)21/h7-8,10,12H,4-6,9,11H2,1-3H3,(H,19,21). The van der Waals surface area contributed by atoms with E-state index in [0.717, 1.165) is 35.6 Å². The van der Waals surface area contributed by atoms with Gasteiger partial charge in [0.25, 0.3) is 0 Å². The van der Waals surface area contributed by atoms with Gasteiger partial charge >= 0.3 is 0 Å². The minimum Gasteiger partial charge on any atom is -0.497 e. The van der Waals surface area contributed by atoms with E-state index in [4.69, 9.17) is 4.74 Å².